The second kappa shape index (κ2) is 6.75. The first-order valence-electron chi connectivity index (χ1n) is 8.79. The minimum atomic E-state index is -0.283. The highest BCUT2D eigenvalue weighted by Gasteiger charge is 2.34. The van der Waals surface area contributed by atoms with Crippen LogP contribution >= 0.6 is 0 Å². The number of rotatable bonds is 5. The van der Waals surface area contributed by atoms with Crippen LogP contribution in [-0.4, -0.2) is 26.6 Å². The van der Waals surface area contributed by atoms with E-state index in [4.69, 9.17) is 0 Å². The molecule has 4 nitrogen and oxygen atoms in total. The summed E-state index contributed by atoms with van der Waals surface area (Å²) in [5.74, 6) is -0.385. The van der Waals surface area contributed by atoms with Crippen LogP contribution in [0.1, 0.15) is 34.6 Å². The Kier molecular flexibility index (Phi) is 4.29. The van der Waals surface area contributed by atoms with Crippen molar-refractivity contribution >= 4 is 5.91 Å². The van der Waals surface area contributed by atoms with E-state index in [1.165, 1.54) is 12.1 Å². The van der Waals surface area contributed by atoms with Crippen LogP contribution < -0.4 is 0 Å². The molecule has 1 heterocycles. The molecule has 1 aliphatic rings. The van der Waals surface area contributed by atoms with Gasteiger partial charge in [-0.1, -0.05) is 30.3 Å². The van der Waals surface area contributed by atoms with Crippen molar-refractivity contribution in [3.8, 4) is 5.69 Å². The summed E-state index contributed by atoms with van der Waals surface area (Å²) in [6.07, 6.45) is 1.97. The van der Waals surface area contributed by atoms with E-state index in [0.29, 0.717) is 12.2 Å². The molecular weight excluding hydrogens is 329 g/mol. The number of aryl methyl sites for hydroxylation is 1. The Hall–Kier alpha value is -2.95. The molecule has 0 N–H and O–H groups in total. The number of hydrogen-bond donors (Lipinski definition) is 0. The summed E-state index contributed by atoms with van der Waals surface area (Å²) in [4.78, 5) is 14.9. The molecule has 2 aromatic carbocycles. The third kappa shape index (κ3) is 3.38. The molecule has 1 amide bonds. The normalized spacial score (nSPS) is 13.6. The lowest BCUT2D eigenvalue weighted by molar-refractivity contribution is 0.0723. The Balaban J connectivity index is 1.61. The Morgan fingerprint density at radius 2 is 1.92 bits per heavy atom. The van der Waals surface area contributed by atoms with Crippen molar-refractivity contribution in [3.63, 3.8) is 0 Å². The van der Waals surface area contributed by atoms with E-state index in [-0.39, 0.29) is 17.8 Å². The highest BCUT2D eigenvalue weighted by Crippen LogP contribution is 2.30. The van der Waals surface area contributed by atoms with Crippen molar-refractivity contribution in [1.82, 2.24) is 14.7 Å². The molecule has 1 aliphatic carbocycles. The summed E-state index contributed by atoms with van der Waals surface area (Å²) >= 11 is 0. The maximum Gasteiger partial charge on any atom is 0.274 e. The minimum Gasteiger partial charge on any atom is -0.330 e. The van der Waals surface area contributed by atoms with Gasteiger partial charge in [0.15, 0.2) is 5.69 Å². The van der Waals surface area contributed by atoms with Gasteiger partial charge in [-0.3, -0.25) is 4.79 Å². The summed E-state index contributed by atoms with van der Waals surface area (Å²) in [5.41, 5.74) is 3.05. The number of amides is 1. The largest absolute Gasteiger partial charge is 0.330 e. The molecule has 0 radical (unpaired) electrons. The van der Waals surface area contributed by atoms with Crippen LogP contribution in [-0.2, 0) is 6.54 Å². The predicted molar refractivity (Wildman–Crippen MR) is 97.6 cm³/mol. The van der Waals surface area contributed by atoms with Crippen LogP contribution in [0, 0.1) is 12.7 Å². The summed E-state index contributed by atoms with van der Waals surface area (Å²) in [6.45, 7) is 2.34. The molecule has 0 saturated heterocycles. The van der Waals surface area contributed by atoms with Gasteiger partial charge in [-0.25, -0.2) is 9.07 Å². The maximum atomic E-state index is 13.5. The second-order valence-electron chi connectivity index (χ2n) is 6.71. The lowest BCUT2D eigenvalue weighted by atomic mass is 10.2. The van der Waals surface area contributed by atoms with Crippen LogP contribution in [0.25, 0.3) is 5.69 Å². The van der Waals surface area contributed by atoms with Gasteiger partial charge in [0.25, 0.3) is 5.91 Å². The van der Waals surface area contributed by atoms with Gasteiger partial charge in [0.05, 0.1) is 5.69 Å². The van der Waals surface area contributed by atoms with Crippen LogP contribution in [0.4, 0.5) is 4.39 Å². The van der Waals surface area contributed by atoms with Crippen LogP contribution in [0.15, 0.2) is 60.7 Å². The fraction of sp³-hybridized carbons (Fsp3) is 0.238. The van der Waals surface area contributed by atoms with Crippen LogP contribution in [0.3, 0.4) is 0 Å². The quantitative estimate of drug-likeness (QED) is 0.695. The summed E-state index contributed by atoms with van der Waals surface area (Å²) in [5, 5.41) is 4.52. The molecule has 4 rings (SSSR count). The molecule has 1 saturated carbocycles. The molecule has 0 atom stereocenters. The first kappa shape index (κ1) is 16.5. The van der Waals surface area contributed by atoms with Crippen molar-refractivity contribution in [2.75, 3.05) is 0 Å². The lowest BCUT2D eigenvalue weighted by Gasteiger charge is -2.21. The van der Waals surface area contributed by atoms with Crippen molar-refractivity contribution < 1.29 is 9.18 Å². The first-order chi connectivity index (χ1) is 12.6. The number of nitrogens with zero attached hydrogens (tertiary/aromatic N) is 3. The van der Waals surface area contributed by atoms with Gasteiger partial charge in [-0.15, -0.1) is 0 Å². The van der Waals surface area contributed by atoms with Crippen LogP contribution in [0.2, 0.25) is 0 Å². The average Bonchev–Trinajstić information content (AvgIpc) is 3.41. The third-order valence-electron chi connectivity index (χ3n) is 4.60. The zero-order chi connectivity index (χ0) is 18.1. The van der Waals surface area contributed by atoms with Crippen molar-refractivity contribution in [2.45, 2.75) is 32.4 Å². The SMILES string of the molecule is Cc1cc(C(=O)N(Cc2cccc(F)c2)C2CC2)nn1-c1ccccc1. The molecule has 0 unspecified atom stereocenters. The molecule has 132 valence electrons. The van der Waals surface area contributed by atoms with E-state index in [1.807, 2.05) is 54.3 Å². The Bertz CT molecular complexity index is 931. The molecule has 0 bridgehead atoms. The number of carbonyl (C=O) groups excluding carboxylic acids is 1. The smallest absolute Gasteiger partial charge is 0.274 e. The standard InChI is InChI=1S/C21H20FN3O/c1-15-12-20(23-25(15)19-8-3-2-4-9-19)21(26)24(18-10-11-18)14-16-6-5-7-17(22)13-16/h2-9,12-13,18H,10-11,14H2,1H3. The van der Waals surface area contributed by atoms with E-state index in [9.17, 15) is 9.18 Å². The maximum absolute atomic E-state index is 13.5. The number of carbonyl (C=O) groups is 1. The van der Waals surface area contributed by atoms with Gasteiger partial charge in [0.2, 0.25) is 0 Å². The van der Waals surface area contributed by atoms with Crippen LogP contribution in [0.5, 0.6) is 0 Å². The zero-order valence-corrected chi connectivity index (χ0v) is 14.6. The van der Waals surface area contributed by atoms with Gasteiger partial charge in [0, 0.05) is 18.3 Å². The van der Waals surface area contributed by atoms with E-state index >= 15 is 0 Å². The van der Waals surface area contributed by atoms with E-state index in [0.717, 1.165) is 29.8 Å². The van der Waals surface area contributed by atoms with Gasteiger partial charge in [-0.2, -0.15) is 5.10 Å². The van der Waals surface area contributed by atoms with Crippen molar-refractivity contribution in [3.05, 3.63) is 83.4 Å². The van der Waals surface area contributed by atoms with E-state index < -0.39 is 0 Å². The van der Waals surface area contributed by atoms with E-state index in [1.54, 1.807) is 10.7 Å². The number of hydrogen-bond acceptors (Lipinski definition) is 2. The Morgan fingerprint density at radius 1 is 1.15 bits per heavy atom. The van der Waals surface area contributed by atoms with Crippen molar-refractivity contribution in [2.24, 2.45) is 0 Å². The highest BCUT2D eigenvalue weighted by atomic mass is 19.1. The molecule has 0 spiro atoms. The number of halogens is 1. The summed E-state index contributed by atoms with van der Waals surface area (Å²) < 4.78 is 15.3. The van der Waals surface area contributed by atoms with Gasteiger partial charge in [0.1, 0.15) is 5.82 Å². The highest BCUT2D eigenvalue weighted by molar-refractivity contribution is 5.93. The molecule has 0 aliphatic heterocycles. The lowest BCUT2D eigenvalue weighted by Crippen LogP contribution is -2.33. The fourth-order valence-corrected chi connectivity index (χ4v) is 3.14. The fourth-order valence-electron chi connectivity index (χ4n) is 3.14. The molecule has 1 aromatic heterocycles. The van der Waals surface area contributed by atoms with Gasteiger partial charge < -0.3 is 4.90 Å². The number of aromatic nitrogens is 2. The van der Waals surface area contributed by atoms with Gasteiger partial charge in [-0.05, 0) is 55.7 Å². The third-order valence-corrected chi connectivity index (χ3v) is 4.60. The topological polar surface area (TPSA) is 38.1 Å². The summed E-state index contributed by atoms with van der Waals surface area (Å²) in [7, 11) is 0. The molecule has 1 fully saturated rings. The second-order valence-corrected chi connectivity index (χ2v) is 6.71. The van der Waals surface area contributed by atoms with E-state index in [2.05, 4.69) is 5.10 Å². The average molecular weight is 349 g/mol. The monoisotopic (exact) mass is 349 g/mol. The number of benzene rings is 2. The summed E-state index contributed by atoms with van der Waals surface area (Å²) in [6, 6.07) is 18.2. The van der Waals surface area contributed by atoms with Crippen molar-refractivity contribution in [1.29, 1.82) is 0 Å². The number of para-hydroxylation sites is 1. The molecule has 26 heavy (non-hydrogen) atoms. The Morgan fingerprint density at radius 3 is 2.62 bits per heavy atom. The zero-order valence-electron chi connectivity index (χ0n) is 14.6. The van der Waals surface area contributed by atoms with Gasteiger partial charge >= 0.3 is 0 Å². The molecule has 3 aromatic rings. The molecular formula is C21H20FN3O. The first-order valence-corrected chi connectivity index (χ1v) is 8.79. The predicted octanol–water partition coefficient (Wildman–Crippen LogP) is 4.12. The molecule has 5 heteroatoms. The Labute approximate surface area is 151 Å². The minimum absolute atomic E-state index is 0.102.